The Morgan fingerprint density at radius 3 is 2.89 bits per heavy atom. The van der Waals surface area contributed by atoms with Gasteiger partial charge in [-0.1, -0.05) is 19.1 Å². The van der Waals surface area contributed by atoms with E-state index in [-0.39, 0.29) is 12.1 Å². The maximum Gasteiger partial charge on any atom is 0.0737 e. The van der Waals surface area contributed by atoms with Crippen molar-refractivity contribution in [3.63, 3.8) is 0 Å². The van der Waals surface area contributed by atoms with E-state index in [1.54, 1.807) is 7.11 Å². The Morgan fingerprint density at radius 2 is 2.17 bits per heavy atom. The Kier molecular flexibility index (Phi) is 4.28. The smallest absolute Gasteiger partial charge is 0.0737 e. The van der Waals surface area contributed by atoms with Gasteiger partial charge in [0.1, 0.15) is 0 Å². The molecule has 0 radical (unpaired) electrons. The molecule has 18 heavy (non-hydrogen) atoms. The van der Waals surface area contributed by atoms with Crippen molar-refractivity contribution < 1.29 is 4.74 Å². The van der Waals surface area contributed by atoms with E-state index in [4.69, 9.17) is 4.74 Å². The minimum absolute atomic E-state index is 0.138. The van der Waals surface area contributed by atoms with Crippen molar-refractivity contribution in [2.45, 2.75) is 26.0 Å². The number of pyridine rings is 1. The number of likely N-dealkylation sites (N-methyl/N-ethyl adjacent to an activating group) is 1. The number of benzene rings is 1. The highest BCUT2D eigenvalue weighted by Crippen LogP contribution is 2.22. The summed E-state index contributed by atoms with van der Waals surface area (Å²) in [6, 6.07) is 10.6. The molecule has 0 spiro atoms. The minimum Gasteiger partial charge on any atom is -0.380 e. The van der Waals surface area contributed by atoms with E-state index in [1.807, 2.05) is 12.3 Å². The third-order valence-electron chi connectivity index (χ3n) is 3.25. The van der Waals surface area contributed by atoms with Gasteiger partial charge in [0.05, 0.1) is 17.7 Å². The van der Waals surface area contributed by atoms with Crippen molar-refractivity contribution in [1.29, 1.82) is 0 Å². The second-order valence-electron chi connectivity index (χ2n) is 4.43. The molecule has 3 nitrogen and oxygen atoms in total. The van der Waals surface area contributed by atoms with Crippen LogP contribution < -0.4 is 5.32 Å². The third-order valence-corrected chi connectivity index (χ3v) is 3.25. The number of aromatic nitrogens is 1. The Bertz CT molecular complexity index is 513. The summed E-state index contributed by atoms with van der Waals surface area (Å²) < 4.78 is 5.45. The molecule has 0 saturated heterocycles. The van der Waals surface area contributed by atoms with Crippen LogP contribution in [-0.4, -0.2) is 24.7 Å². The molecule has 0 bridgehead atoms. The van der Waals surface area contributed by atoms with Crippen LogP contribution in [0.5, 0.6) is 0 Å². The molecule has 96 valence electrons. The van der Waals surface area contributed by atoms with Crippen LogP contribution in [0.4, 0.5) is 0 Å². The quantitative estimate of drug-likeness (QED) is 0.878. The molecule has 2 aromatic rings. The Hall–Kier alpha value is -1.45. The predicted molar refractivity (Wildman–Crippen MR) is 74.6 cm³/mol. The van der Waals surface area contributed by atoms with Crippen molar-refractivity contribution >= 4 is 10.9 Å². The van der Waals surface area contributed by atoms with Crippen LogP contribution in [0.2, 0.25) is 0 Å². The molecule has 0 aliphatic carbocycles. The molecule has 2 rings (SSSR count). The molecular formula is C15H20N2O. The summed E-state index contributed by atoms with van der Waals surface area (Å²) >= 11 is 0. The Balaban J connectivity index is 2.37. The van der Waals surface area contributed by atoms with Crippen LogP contribution in [0.25, 0.3) is 10.9 Å². The summed E-state index contributed by atoms with van der Waals surface area (Å²) in [5, 5.41) is 4.64. The van der Waals surface area contributed by atoms with E-state index >= 15 is 0 Å². The zero-order valence-corrected chi connectivity index (χ0v) is 11.2. The summed E-state index contributed by atoms with van der Waals surface area (Å²) in [7, 11) is 1.75. The lowest BCUT2D eigenvalue weighted by molar-refractivity contribution is 0.0836. The first-order valence-electron chi connectivity index (χ1n) is 6.37. The third kappa shape index (κ3) is 2.68. The number of ether oxygens (including phenoxy) is 1. The van der Waals surface area contributed by atoms with Gasteiger partial charge in [0.25, 0.3) is 0 Å². The summed E-state index contributed by atoms with van der Waals surface area (Å²) in [6.45, 7) is 5.11. The molecule has 1 aromatic carbocycles. The number of nitrogens with one attached hydrogen (secondary N) is 1. The molecule has 0 aliphatic rings. The van der Waals surface area contributed by atoms with Crippen LogP contribution in [0, 0.1) is 0 Å². The standard InChI is InChI=1S/C15H20N2O/c1-4-16-15(11(2)18-3)13-7-8-14-12(10-13)6-5-9-17-14/h5-11,15-16H,4H2,1-3H3. The number of hydrogen-bond acceptors (Lipinski definition) is 3. The largest absolute Gasteiger partial charge is 0.380 e. The normalized spacial score (nSPS) is 14.6. The van der Waals surface area contributed by atoms with Crippen molar-refractivity contribution in [2.24, 2.45) is 0 Å². The van der Waals surface area contributed by atoms with Gasteiger partial charge in [-0.15, -0.1) is 0 Å². The van der Waals surface area contributed by atoms with Crippen molar-refractivity contribution in [2.75, 3.05) is 13.7 Å². The SMILES string of the molecule is CCNC(c1ccc2ncccc2c1)C(C)OC. The number of methoxy groups -OCH3 is 1. The van der Waals surface area contributed by atoms with E-state index in [2.05, 4.69) is 48.4 Å². The van der Waals surface area contributed by atoms with Crippen LogP contribution in [0.15, 0.2) is 36.5 Å². The predicted octanol–water partition coefficient (Wildman–Crippen LogP) is 2.92. The molecule has 1 heterocycles. The number of nitrogens with zero attached hydrogens (tertiary/aromatic N) is 1. The highest BCUT2D eigenvalue weighted by molar-refractivity contribution is 5.79. The molecule has 0 saturated carbocycles. The van der Waals surface area contributed by atoms with Crippen LogP contribution >= 0.6 is 0 Å². The van der Waals surface area contributed by atoms with E-state index in [0.29, 0.717) is 0 Å². The molecule has 0 amide bonds. The molecule has 2 atom stereocenters. The maximum absolute atomic E-state index is 5.45. The molecule has 0 fully saturated rings. The summed E-state index contributed by atoms with van der Waals surface area (Å²) in [5.41, 5.74) is 2.27. The minimum atomic E-state index is 0.138. The van der Waals surface area contributed by atoms with Crippen LogP contribution in [0.1, 0.15) is 25.5 Å². The van der Waals surface area contributed by atoms with Crippen LogP contribution in [0.3, 0.4) is 0 Å². The van der Waals surface area contributed by atoms with Crippen molar-refractivity contribution in [3.8, 4) is 0 Å². The molecule has 1 aromatic heterocycles. The van der Waals surface area contributed by atoms with Gasteiger partial charge in [-0.05, 0) is 37.2 Å². The van der Waals surface area contributed by atoms with Gasteiger partial charge in [0.15, 0.2) is 0 Å². The van der Waals surface area contributed by atoms with E-state index in [0.717, 1.165) is 12.1 Å². The summed E-state index contributed by atoms with van der Waals surface area (Å²) in [5.74, 6) is 0. The van der Waals surface area contributed by atoms with Gasteiger partial charge in [-0.3, -0.25) is 4.98 Å². The Morgan fingerprint density at radius 1 is 1.33 bits per heavy atom. The first-order chi connectivity index (χ1) is 8.76. The fraction of sp³-hybridized carbons (Fsp3) is 0.400. The zero-order chi connectivity index (χ0) is 13.0. The highest BCUT2D eigenvalue weighted by atomic mass is 16.5. The average molecular weight is 244 g/mol. The van der Waals surface area contributed by atoms with Gasteiger partial charge >= 0.3 is 0 Å². The number of fused-ring (bicyclic) bond motifs is 1. The van der Waals surface area contributed by atoms with Crippen LogP contribution in [-0.2, 0) is 4.74 Å². The molecular weight excluding hydrogens is 224 g/mol. The molecule has 1 N–H and O–H groups in total. The second kappa shape index (κ2) is 5.94. The first kappa shape index (κ1) is 13.0. The lowest BCUT2D eigenvalue weighted by atomic mass is 10.00. The summed E-state index contributed by atoms with van der Waals surface area (Å²) in [6.07, 6.45) is 1.96. The number of rotatable bonds is 5. The Labute approximate surface area is 108 Å². The topological polar surface area (TPSA) is 34.2 Å². The molecule has 3 heteroatoms. The van der Waals surface area contributed by atoms with E-state index < -0.39 is 0 Å². The monoisotopic (exact) mass is 244 g/mol. The van der Waals surface area contributed by atoms with E-state index in [9.17, 15) is 0 Å². The first-order valence-corrected chi connectivity index (χ1v) is 6.37. The maximum atomic E-state index is 5.45. The van der Waals surface area contributed by atoms with Crippen molar-refractivity contribution in [3.05, 3.63) is 42.1 Å². The van der Waals surface area contributed by atoms with Gasteiger partial charge in [0.2, 0.25) is 0 Å². The van der Waals surface area contributed by atoms with Gasteiger partial charge in [-0.2, -0.15) is 0 Å². The lowest BCUT2D eigenvalue weighted by Gasteiger charge is -2.24. The fourth-order valence-electron chi connectivity index (χ4n) is 2.20. The molecule has 0 aliphatic heterocycles. The fourth-order valence-corrected chi connectivity index (χ4v) is 2.20. The van der Waals surface area contributed by atoms with Gasteiger partial charge in [0, 0.05) is 18.7 Å². The highest BCUT2D eigenvalue weighted by Gasteiger charge is 2.18. The van der Waals surface area contributed by atoms with Gasteiger partial charge < -0.3 is 10.1 Å². The number of hydrogen-bond donors (Lipinski definition) is 1. The summed E-state index contributed by atoms with van der Waals surface area (Å²) in [4.78, 5) is 4.34. The second-order valence-corrected chi connectivity index (χ2v) is 4.43. The average Bonchev–Trinajstić information content (AvgIpc) is 2.43. The van der Waals surface area contributed by atoms with Gasteiger partial charge in [-0.25, -0.2) is 0 Å². The zero-order valence-electron chi connectivity index (χ0n) is 11.2. The lowest BCUT2D eigenvalue weighted by Crippen LogP contribution is -2.31. The van der Waals surface area contributed by atoms with E-state index in [1.165, 1.54) is 10.9 Å². The van der Waals surface area contributed by atoms with Crippen molar-refractivity contribution in [1.82, 2.24) is 10.3 Å². The molecule has 2 unspecified atom stereocenters.